The van der Waals surface area contributed by atoms with E-state index in [1.54, 1.807) is 19.4 Å². The molecule has 0 saturated heterocycles. The van der Waals surface area contributed by atoms with Crippen molar-refractivity contribution in [1.82, 2.24) is 9.38 Å². The number of nitrogens with two attached hydrogens (primary N) is 1. The Hall–Kier alpha value is -2.56. The molecule has 2 aromatic heterocycles. The van der Waals surface area contributed by atoms with Crippen LogP contribution in [0.25, 0.3) is 16.6 Å². The van der Waals surface area contributed by atoms with Crippen LogP contribution >= 0.6 is 0 Å². The van der Waals surface area contributed by atoms with Gasteiger partial charge in [0.1, 0.15) is 11.4 Å². The van der Waals surface area contributed by atoms with E-state index < -0.39 is 5.91 Å². The van der Waals surface area contributed by atoms with Gasteiger partial charge in [-0.05, 0) is 18.6 Å². The van der Waals surface area contributed by atoms with E-state index in [0.29, 0.717) is 11.2 Å². The summed E-state index contributed by atoms with van der Waals surface area (Å²) in [5, 5.41) is 0.901. The lowest BCUT2D eigenvalue weighted by molar-refractivity contribution is 0.100. The summed E-state index contributed by atoms with van der Waals surface area (Å²) in [7, 11) is 1.63. The first-order valence-electron chi connectivity index (χ1n) is 6.43. The molecule has 0 saturated carbocycles. The molecule has 3 rings (SSSR count). The molecule has 1 aromatic carbocycles. The van der Waals surface area contributed by atoms with E-state index in [4.69, 9.17) is 10.5 Å². The highest BCUT2D eigenvalue weighted by atomic mass is 16.5. The SMILES string of the molecule is CCc1cnc2c(C(N)=O)cc3cccc(OC)c3n12. The fourth-order valence-electron chi connectivity index (χ4n) is 2.54. The predicted molar refractivity (Wildman–Crippen MR) is 77.1 cm³/mol. The van der Waals surface area contributed by atoms with E-state index >= 15 is 0 Å². The molecule has 5 heteroatoms. The van der Waals surface area contributed by atoms with E-state index in [0.717, 1.165) is 28.8 Å². The number of para-hydroxylation sites is 1. The molecule has 0 spiro atoms. The van der Waals surface area contributed by atoms with Gasteiger partial charge in [-0.15, -0.1) is 0 Å². The largest absolute Gasteiger partial charge is 0.495 e. The standard InChI is InChI=1S/C15H15N3O2/c1-3-10-8-17-15-11(14(16)19)7-9-5-4-6-12(20-2)13(9)18(10)15/h4-8H,3H2,1-2H3,(H2,16,19). The van der Waals surface area contributed by atoms with Crippen molar-refractivity contribution in [2.75, 3.05) is 7.11 Å². The molecule has 0 atom stereocenters. The van der Waals surface area contributed by atoms with Crippen LogP contribution in [0.3, 0.4) is 0 Å². The number of primary amides is 1. The number of nitrogens with zero attached hydrogens (tertiary/aromatic N) is 2. The van der Waals surface area contributed by atoms with Crippen LogP contribution in [-0.2, 0) is 6.42 Å². The van der Waals surface area contributed by atoms with Gasteiger partial charge in [-0.25, -0.2) is 4.98 Å². The summed E-state index contributed by atoms with van der Waals surface area (Å²) in [6.45, 7) is 2.04. The van der Waals surface area contributed by atoms with Crippen molar-refractivity contribution in [3.8, 4) is 5.75 Å². The number of carbonyl (C=O) groups is 1. The second-order valence-corrected chi connectivity index (χ2v) is 4.58. The Morgan fingerprint density at radius 2 is 2.25 bits per heavy atom. The van der Waals surface area contributed by atoms with Crippen LogP contribution in [0.1, 0.15) is 23.0 Å². The van der Waals surface area contributed by atoms with Gasteiger partial charge in [0.2, 0.25) is 0 Å². The fourth-order valence-corrected chi connectivity index (χ4v) is 2.54. The number of ether oxygens (including phenoxy) is 1. The van der Waals surface area contributed by atoms with E-state index in [9.17, 15) is 4.79 Å². The van der Waals surface area contributed by atoms with Gasteiger partial charge in [-0.2, -0.15) is 0 Å². The first-order chi connectivity index (χ1) is 9.67. The van der Waals surface area contributed by atoms with Crippen molar-refractivity contribution >= 4 is 22.5 Å². The second-order valence-electron chi connectivity index (χ2n) is 4.58. The second kappa shape index (κ2) is 4.52. The number of carbonyl (C=O) groups excluding carboxylic acids is 1. The molecular weight excluding hydrogens is 254 g/mol. The molecule has 20 heavy (non-hydrogen) atoms. The molecule has 0 radical (unpaired) electrons. The number of imidazole rings is 1. The highest BCUT2D eigenvalue weighted by Gasteiger charge is 2.16. The highest BCUT2D eigenvalue weighted by Crippen LogP contribution is 2.29. The molecule has 2 heterocycles. The van der Waals surface area contributed by atoms with Crippen LogP contribution in [0, 0.1) is 0 Å². The Labute approximate surface area is 116 Å². The maximum Gasteiger partial charge on any atom is 0.252 e. The number of aryl methyl sites for hydroxylation is 1. The van der Waals surface area contributed by atoms with E-state index in [-0.39, 0.29) is 0 Å². The van der Waals surface area contributed by atoms with Gasteiger partial charge in [0.05, 0.1) is 18.2 Å². The molecule has 0 aliphatic heterocycles. The first kappa shape index (κ1) is 12.5. The monoisotopic (exact) mass is 269 g/mol. The molecule has 3 aromatic rings. The van der Waals surface area contributed by atoms with Crippen LogP contribution < -0.4 is 10.5 Å². The van der Waals surface area contributed by atoms with Crippen LogP contribution in [-0.4, -0.2) is 22.4 Å². The topological polar surface area (TPSA) is 69.6 Å². The maximum absolute atomic E-state index is 11.6. The minimum atomic E-state index is -0.479. The van der Waals surface area contributed by atoms with Crippen molar-refractivity contribution in [1.29, 1.82) is 0 Å². The third-order valence-corrected chi connectivity index (χ3v) is 3.48. The molecule has 0 fully saturated rings. The molecule has 0 bridgehead atoms. The number of amides is 1. The maximum atomic E-state index is 11.6. The number of methoxy groups -OCH3 is 1. The molecule has 1 amide bonds. The summed E-state index contributed by atoms with van der Waals surface area (Å²) >= 11 is 0. The van der Waals surface area contributed by atoms with E-state index in [1.165, 1.54) is 0 Å². The summed E-state index contributed by atoms with van der Waals surface area (Å²) in [5.74, 6) is 0.268. The van der Waals surface area contributed by atoms with Crippen molar-refractivity contribution in [2.24, 2.45) is 5.73 Å². The molecule has 2 N–H and O–H groups in total. The number of aromatic nitrogens is 2. The van der Waals surface area contributed by atoms with Gasteiger partial charge in [0.15, 0.2) is 0 Å². The number of fused-ring (bicyclic) bond motifs is 3. The predicted octanol–water partition coefficient (Wildman–Crippen LogP) is 2.16. The Balaban J connectivity index is 2.59. The van der Waals surface area contributed by atoms with Gasteiger partial charge >= 0.3 is 0 Å². The lowest BCUT2D eigenvalue weighted by atomic mass is 10.1. The summed E-state index contributed by atoms with van der Waals surface area (Å²) in [6.07, 6.45) is 2.57. The van der Waals surface area contributed by atoms with E-state index in [1.807, 2.05) is 29.5 Å². The minimum Gasteiger partial charge on any atom is -0.495 e. The van der Waals surface area contributed by atoms with Gasteiger partial charge in [-0.1, -0.05) is 19.1 Å². The Morgan fingerprint density at radius 1 is 1.45 bits per heavy atom. The Morgan fingerprint density at radius 3 is 2.90 bits per heavy atom. The summed E-state index contributed by atoms with van der Waals surface area (Å²) in [5.41, 5.74) is 8.38. The molecular formula is C15H15N3O2. The van der Waals surface area contributed by atoms with Crippen molar-refractivity contribution in [3.63, 3.8) is 0 Å². The highest BCUT2D eigenvalue weighted by molar-refractivity contribution is 6.03. The van der Waals surface area contributed by atoms with Crippen LogP contribution in [0.2, 0.25) is 0 Å². The normalized spacial score (nSPS) is 11.1. The Kier molecular flexibility index (Phi) is 2.82. The first-order valence-corrected chi connectivity index (χ1v) is 6.43. The zero-order valence-corrected chi connectivity index (χ0v) is 11.4. The van der Waals surface area contributed by atoms with Crippen LogP contribution in [0.4, 0.5) is 0 Å². The van der Waals surface area contributed by atoms with Crippen LogP contribution in [0.5, 0.6) is 5.75 Å². The molecule has 102 valence electrons. The Bertz CT molecular complexity index is 821. The summed E-state index contributed by atoms with van der Waals surface area (Å²) < 4.78 is 7.39. The third kappa shape index (κ3) is 1.63. The van der Waals surface area contributed by atoms with Gasteiger partial charge < -0.3 is 10.5 Å². The lowest BCUT2D eigenvalue weighted by Gasteiger charge is -2.11. The average Bonchev–Trinajstić information content (AvgIpc) is 2.89. The van der Waals surface area contributed by atoms with E-state index in [2.05, 4.69) is 4.98 Å². The minimum absolute atomic E-state index is 0.422. The smallest absolute Gasteiger partial charge is 0.252 e. The molecule has 0 aliphatic carbocycles. The van der Waals surface area contributed by atoms with Crippen LogP contribution in [0.15, 0.2) is 30.5 Å². The zero-order valence-electron chi connectivity index (χ0n) is 11.4. The molecule has 0 aliphatic rings. The number of hydrogen-bond donors (Lipinski definition) is 1. The number of hydrogen-bond acceptors (Lipinski definition) is 3. The number of benzene rings is 1. The van der Waals surface area contributed by atoms with Crippen molar-refractivity contribution < 1.29 is 9.53 Å². The fraction of sp³-hybridized carbons (Fsp3) is 0.200. The number of pyridine rings is 1. The number of rotatable bonds is 3. The quantitative estimate of drug-likeness (QED) is 0.792. The average molecular weight is 269 g/mol. The third-order valence-electron chi connectivity index (χ3n) is 3.48. The van der Waals surface area contributed by atoms with Gasteiger partial charge in [0.25, 0.3) is 5.91 Å². The van der Waals surface area contributed by atoms with Crippen molar-refractivity contribution in [2.45, 2.75) is 13.3 Å². The van der Waals surface area contributed by atoms with Gasteiger partial charge in [0, 0.05) is 17.3 Å². The van der Waals surface area contributed by atoms with Gasteiger partial charge in [-0.3, -0.25) is 9.20 Å². The lowest BCUT2D eigenvalue weighted by Crippen LogP contribution is -2.13. The zero-order chi connectivity index (χ0) is 14.3. The molecule has 5 nitrogen and oxygen atoms in total. The summed E-state index contributed by atoms with van der Waals surface area (Å²) in [4.78, 5) is 16.0. The summed E-state index contributed by atoms with van der Waals surface area (Å²) in [6, 6.07) is 7.48. The molecule has 0 unspecified atom stereocenters. The van der Waals surface area contributed by atoms with Crippen molar-refractivity contribution in [3.05, 3.63) is 41.7 Å².